The molecule has 1 aromatic rings. The van der Waals surface area contributed by atoms with Crippen molar-refractivity contribution in [1.82, 2.24) is 0 Å². The fourth-order valence-corrected chi connectivity index (χ4v) is 2.02. The van der Waals surface area contributed by atoms with Gasteiger partial charge < -0.3 is 15.2 Å². The SMILES string of the molecule is CCCC(OC)C(N)Cc1ccc(OC(F)(F)F)cc1. The average molecular weight is 291 g/mol. The van der Waals surface area contributed by atoms with Crippen LogP contribution in [-0.4, -0.2) is 25.6 Å². The normalized spacial score (nSPS) is 14.9. The van der Waals surface area contributed by atoms with E-state index in [-0.39, 0.29) is 17.9 Å². The predicted molar refractivity (Wildman–Crippen MR) is 70.5 cm³/mol. The molecule has 3 nitrogen and oxygen atoms in total. The second-order valence-electron chi connectivity index (χ2n) is 4.62. The first-order valence-electron chi connectivity index (χ1n) is 6.48. The lowest BCUT2D eigenvalue weighted by molar-refractivity contribution is -0.274. The fourth-order valence-electron chi connectivity index (χ4n) is 2.02. The van der Waals surface area contributed by atoms with Crippen molar-refractivity contribution in [3.63, 3.8) is 0 Å². The van der Waals surface area contributed by atoms with Gasteiger partial charge in [-0.3, -0.25) is 0 Å². The number of methoxy groups -OCH3 is 1. The van der Waals surface area contributed by atoms with Crippen LogP contribution in [-0.2, 0) is 11.2 Å². The average Bonchev–Trinajstić information content (AvgIpc) is 2.36. The van der Waals surface area contributed by atoms with Crippen LogP contribution in [0.25, 0.3) is 0 Å². The van der Waals surface area contributed by atoms with Crippen LogP contribution in [0.3, 0.4) is 0 Å². The third-order valence-electron chi connectivity index (χ3n) is 2.98. The topological polar surface area (TPSA) is 44.5 Å². The molecule has 0 bridgehead atoms. The summed E-state index contributed by atoms with van der Waals surface area (Å²) < 4.78 is 45.2. The lowest BCUT2D eigenvalue weighted by Crippen LogP contribution is -2.37. The number of rotatable bonds is 7. The standard InChI is InChI=1S/C14H20F3NO2/c1-3-4-13(19-2)12(18)9-10-5-7-11(8-6-10)20-14(15,16)17/h5-8,12-13H,3-4,9,18H2,1-2H3. The molecule has 0 saturated heterocycles. The maximum absolute atomic E-state index is 12.0. The van der Waals surface area contributed by atoms with Crippen LogP contribution in [0.5, 0.6) is 5.75 Å². The smallest absolute Gasteiger partial charge is 0.406 e. The first-order valence-corrected chi connectivity index (χ1v) is 6.48. The summed E-state index contributed by atoms with van der Waals surface area (Å²) in [6.45, 7) is 2.04. The van der Waals surface area contributed by atoms with Crippen molar-refractivity contribution in [1.29, 1.82) is 0 Å². The molecule has 0 spiro atoms. The van der Waals surface area contributed by atoms with E-state index in [1.54, 1.807) is 19.2 Å². The highest BCUT2D eigenvalue weighted by Gasteiger charge is 2.31. The van der Waals surface area contributed by atoms with Crippen molar-refractivity contribution in [2.24, 2.45) is 5.73 Å². The Labute approximate surface area is 116 Å². The first-order chi connectivity index (χ1) is 9.35. The predicted octanol–water partition coefficient (Wildman–Crippen LogP) is 3.27. The van der Waals surface area contributed by atoms with Gasteiger partial charge in [0.25, 0.3) is 0 Å². The van der Waals surface area contributed by atoms with Crippen molar-refractivity contribution in [2.75, 3.05) is 7.11 Å². The summed E-state index contributed by atoms with van der Waals surface area (Å²) in [6, 6.07) is 5.56. The van der Waals surface area contributed by atoms with Gasteiger partial charge in [0.1, 0.15) is 5.75 Å². The molecule has 2 unspecified atom stereocenters. The van der Waals surface area contributed by atoms with E-state index in [0.717, 1.165) is 18.4 Å². The van der Waals surface area contributed by atoms with Gasteiger partial charge in [0.05, 0.1) is 6.10 Å². The molecule has 2 N–H and O–H groups in total. The van der Waals surface area contributed by atoms with Gasteiger partial charge in [-0.2, -0.15) is 0 Å². The van der Waals surface area contributed by atoms with Gasteiger partial charge >= 0.3 is 6.36 Å². The molecule has 114 valence electrons. The third-order valence-corrected chi connectivity index (χ3v) is 2.98. The van der Waals surface area contributed by atoms with Gasteiger partial charge in [0.15, 0.2) is 0 Å². The number of hydrogen-bond donors (Lipinski definition) is 1. The molecule has 0 amide bonds. The number of ether oxygens (including phenoxy) is 2. The van der Waals surface area contributed by atoms with E-state index >= 15 is 0 Å². The zero-order chi connectivity index (χ0) is 15.2. The first kappa shape index (κ1) is 16.8. The molecule has 1 aromatic carbocycles. The fraction of sp³-hybridized carbons (Fsp3) is 0.571. The number of hydrogen-bond acceptors (Lipinski definition) is 3. The van der Waals surface area contributed by atoms with E-state index in [1.807, 2.05) is 6.92 Å². The summed E-state index contributed by atoms with van der Waals surface area (Å²) in [5, 5.41) is 0. The van der Waals surface area contributed by atoms with E-state index in [0.29, 0.717) is 6.42 Å². The Balaban J connectivity index is 2.60. The molecule has 0 heterocycles. The van der Waals surface area contributed by atoms with Crippen LogP contribution in [0.15, 0.2) is 24.3 Å². The lowest BCUT2D eigenvalue weighted by atomic mass is 9.99. The van der Waals surface area contributed by atoms with Gasteiger partial charge in [-0.25, -0.2) is 0 Å². The summed E-state index contributed by atoms with van der Waals surface area (Å²) in [7, 11) is 1.61. The third kappa shape index (κ3) is 5.79. The molecule has 0 aliphatic heterocycles. The largest absolute Gasteiger partial charge is 0.573 e. The van der Waals surface area contributed by atoms with Gasteiger partial charge in [-0.05, 0) is 30.5 Å². The molecular weight excluding hydrogens is 271 g/mol. The summed E-state index contributed by atoms with van der Waals surface area (Å²) >= 11 is 0. The molecule has 0 saturated carbocycles. The number of halogens is 3. The van der Waals surface area contributed by atoms with Crippen molar-refractivity contribution in [2.45, 2.75) is 44.7 Å². The molecule has 2 atom stereocenters. The molecule has 0 aromatic heterocycles. The molecule has 0 aliphatic carbocycles. The Bertz CT molecular complexity index is 392. The Morgan fingerprint density at radius 1 is 1.20 bits per heavy atom. The van der Waals surface area contributed by atoms with Crippen molar-refractivity contribution in [3.8, 4) is 5.75 Å². The van der Waals surface area contributed by atoms with Gasteiger partial charge in [-0.15, -0.1) is 13.2 Å². The second kappa shape index (κ2) is 7.50. The highest BCUT2D eigenvalue weighted by molar-refractivity contribution is 5.28. The zero-order valence-electron chi connectivity index (χ0n) is 11.6. The van der Waals surface area contributed by atoms with E-state index < -0.39 is 6.36 Å². The molecule has 1 rings (SSSR count). The molecule has 0 radical (unpaired) electrons. The van der Waals surface area contributed by atoms with Crippen LogP contribution < -0.4 is 10.5 Å². The summed E-state index contributed by atoms with van der Waals surface area (Å²) in [4.78, 5) is 0. The molecule has 0 fully saturated rings. The number of benzene rings is 1. The maximum atomic E-state index is 12.0. The van der Waals surface area contributed by atoms with Gasteiger partial charge in [0.2, 0.25) is 0 Å². The Hall–Kier alpha value is -1.27. The van der Waals surface area contributed by atoms with E-state index in [9.17, 15) is 13.2 Å². The monoisotopic (exact) mass is 291 g/mol. The van der Waals surface area contributed by atoms with Crippen LogP contribution in [0.2, 0.25) is 0 Å². The summed E-state index contributed by atoms with van der Waals surface area (Å²) in [5.41, 5.74) is 6.90. The van der Waals surface area contributed by atoms with E-state index in [2.05, 4.69) is 4.74 Å². The maximum Gasteiger partial charge on any atom is 0.573 e. The van der Waals surface area contributed by atoms with Crippen LogP contribution in [0.4, 0.5) is 13.2 Å². The molecule has 6 heteroatoms. The molecule has 0 aliphatic rings. The Morgan fingerprint density at radius 3 is 2.25 bits per heavy atom. The minimum Gasteiger partial charge on any atom is -0.406 e. The second-order valence-corrected chi connectivity index (χ2v) is 4.62. The van der Waals surface area contributed by atoms with Crippen LogP contribution in [0, 0.1) is 0 Å². The van der Waals surface area contributed by atoms with Crippen LogP contribution >= 0.6 is 0 Å². The summed E-state index contributed by atoms with van der Waals surface area (Å²) in [5.74, 6) is -0.230. The van der Waals surface area contributed by atoms with Gasteiger partial charge in [-0.1, -0.05) is 25.5 Å². The van der Waals surface area contributed by atoms with Gasteiger partial charge in [0, 0.05) is 13.2 Å². The summed E-state index contributed by atoms with van der Waals surface area (Å²) in [6.07, 6.45) is -2.35. The highest BCUT2D eigenvalue weighted by atomic mass is 19.4. The zero-order valence-corrected chi connectivity index (χ0v) is 11.6. The molecule has 20 heavy (non-hydrogen) atoms. The minimum absolute atomic E-state index is 0.0499. The van der Waals surface area contributed by atoms with E-state index in [1.165, 1.54) is 12.1 Å². The number of alkyl halides is 3. The van der Waals surface area contributed by atoms with Crippen molar-refractivity contribution in [3.05, 3.63) is 29.8 Å². The highest BCUT2D eigenvalue weighted by Crippen LogP contribution is 2.23. The minimum atomic E-state index is -4.67. The van der Waals surface area contributed by atoms with Crippen molar-refractivity contribution >= 4 is 0 Å². The van der Waals surface area contributed by atoms with Crippen LogP contribution in [0.1, 0.15) is 25.3 Å². The quantitative estimate of drug-likeness (QED) is 0.838. The lowest BCUT2D eigenvalue weighted by Gasteiger charge is -2.22. The Morgan fingerprint density at radius 2 is 1.80 bits per heavy atom. The van der Waals surface area contributed by atoms with Crippen molar-refractivity contribution < 1.29 is 22.6 Å². The van der Waals surface area contributed by atoms with E-state index in [4.69, 9.17) is 10.5 Å². The Kier molecular flexibility index (Phi) is 6.29. The number of nitrogens with two attached hydrogens (primary N) is 1. The molecular formula is C14H20F3NO2.